The molecule has 0 atom stereocenters. The molecule has 1 aromatic carbocycles. The van der Waals surface area contributed by atoms with E-state index in [2.05, 4.69) is 4.98 Å². The van der Waals surface area contributed by atoms with Gasteiger partial charge in [0.2, 0.25) is 5.91 Å². The summed E-state index contributed by atoms with van der Waals surface area (Å²) >= 11 is 0. The topological polar surface area (TPSA) is 58.1 Å². The molecule has 1 fully saturated rings. The van der Waals surface area contributed by atoms with E-state index in [1.54, 1.807) is 4.90 Å². The number of halogens is 1. The predicted molar refractivity (Wildman–Crippen MR) is 68.3 cm³/mol. The van der Waals surface area contributed by atoms with Gasteiger partial charge in [-0.2, -0.15) is 0 Å². The molecular formula is C13H14FN3O2. The van der Waals surface area contributed by atoms with Crippen LogP contribution in [0.5, 0.6) is 0 Å². The number of benzene rings is 1. The molecule has 19 heavy (non-hydrogen) atoms. The Bertz CT molecular complexity index is 683. The number of rotatable bonds is 2. The van der Waals surface area contributed by atoms with Crippen LogP contribution in [0.1, 0.15) is 12.8 Å². The molecule has 0 saturated carbocycles. The number of nitrogens with one attached hydrogen (secondary N) is 1. The minimum atomic E-state index is -0.410. The number of carbonyl (C=O) groups excluding carboxylic acids is 1. The van der Waals surface area contributed by atoms with Crippen molar-refractivity contribution < 1.29 is 9.18 Å². The number of likely N-dealkylation sites (tertiary alicyclic amines) is 1. The summed E-state index contributed by atoms with van der Waals surface area (Å²) < 4.78 is 14.4. The summed E-state index contributed by atoms with van der Waals surface area (Å²) in [6.07, 6.45) is 2.03. The Morgan fingerprint density at radius 3 is 2.79 bits per heavy atom. The zero-order valence-electron chi connectivity index (χ0n) is 10.4. The van der Waals surface area contributed by atoms with Crippen molar-refractivity contribution in [2.75, 3.05) is 13.1 Å². The number of H-pyrrole nitrogens is 1. The number of nitrogens with zero attached hydrogens (tertiary/aromatic N) is 2. The van der Waals surface area contributed by atoms with Gasteiger partial charge in [0.25, 0.3) is 0 Å². The third kappa shape index (κ3) is 2.14. The second kappa shape index (κ2) is 4.53. The highest BCUT2D eigenvalue weighted by molar-refractivity contribution is 5.80. The smallest absolute Gasteiger partial charge is 0.326 e. The van der Waals surface area contributed by atoms with E-state index in [9.17, 15) is 14.0 Å². The second-order valence-electron chi connectivity index (χ2n) is 4.77. The lowest BCUT2D eigenvalue weighted by Gasteiger charge is -2.15. The van der Waals surface area contributed by atoms with Gasteiger partial charge in [-0.3, -0.25) is 9.36 Å². The maximum atomic E-state index is 13.1. The van der Waals surface area contributed by atoms with Gasteiger partial charge in [-0.05, 0) is 31.0 Å². The van der Waals surface area contributed by atoms with Crippen LogP contribution in [0.2, 0.25) is 0 Å². The Labute approximate surface area is 108 Å². The van der Waals surface area contributed by atoms with E-state index < -0.39 is 5.82 Å². The average Bonchev–Trinajstić information content (AvgIpc) is 2.98. The van der Waals surface area contributed by atoms with Gasteiger partial charge in [0, 0.05) is 13.1 Å². The highest BCUT2D eigenvalue weighted by Crippen LogP contribution is 2.13. The Morgan fingerprint density at radius 1 is 1.32 bits per heavy atom. The van der Waals surface area contributed by atoms with Gasteiger partial charge in [0.05, 0.1) is 11.0 Å². The van der Waals surface area contributed by atoms with E-state index in [4.69, 9.17) is 0 Å². The fourth-order valence-corrected chi connectivity index (χ4v) is 2.49. The zero-order chi connectivity index (χ0) is 13.4. The quantitative estimate of drug-likeness (QED) is 0.881. The van der Waals surface area contributed by atoms with E-state index >= 15 is 0 Å². The van der Waals surface area contributed by atoms with Crippen molar-refractivity contribution in [3.05, 3.63) is 34.5 Å². The molecule has 2 heterocycles. The Hall–Kier alpha value is -2.11. The summed E-state index contributed by atoms with van der Waals surface area (Å²) in [4.78, 5) is 28.2. The summed E-state index contributed by atoms with van der Waals surface area (Å²) in [6, 6.07) is 4.06. The van der Waals surface area contributed by atoms with E-state index in [1.165, 1.54) is 22.8 Å². The van der Waals surface area contributed by atoms with Gasteiger partial charge in [-0.15, -0.1) is 0 Å². The monoisotopic (exact) mass is 263 g/mol. The van der Waals surface area contributed by atoms with Crippen molar-refractivity contribution in [3.63, 3.8) is 0 Å². The van der Waals surface area contributed by atoms with Crippen molar-refractivity contribution in [3.8, 4) is 0 Å². The third-order valence-electron chi connectivity index (χ3n) is 3.49. The molecule has 3 rings (SSSR count). The first-order valence-corrected chi connectivity index (χ1v) is 6.31. The van der Waals surface area contributed by atoms with Crippen LogP contribution in [0.15, 0.2) is 23.0 Å². The number of hydrogen-bond acceptors (Lipinski definition) is 2. The zero-order valence-corrected chi connectivity index (χ0v) is 10.4. The van der Waals surface area contributed by atoms with Gasteiger partial charge >= 0.3 is 5.69 Å². The largest absolute Gasteiger partial charge is 0.341 e. The molecule has 6 heteroatoms. The van der Waals surface area contributed by atoms with Crippen LogP contribution < -0.4 is 5.69 Å². The van der Waals surface area contributed by atoms with E-state index in [-0.39, 0.29) is 18.1 Å². The highest BCUT2D eigenvalue weighted by Gasteiger charge is 2.19. The van der Waals surface area contributed by atoms with Crippen LogP contribution in [0.25, 0.3) is 11.0 Å². The van der Waals surface area contributed by atoms with Crippen LogP contribution in [0.4, 0.5) is 4.39 Å². The van der Waals surface area contributed by atoms with E-state index in [0.717, 1.165) is 25.9 Å². The van der Waals surface area contributed by atoms with Gasteiger partial charge < -0.3 is 9.88 Å². The number of fused-ring (bicyclic) bond motifs is 1. The molecular weight excluding hydrogens is 249 g/mol. The Kier molecular flexibility index (Phi) is 2.85. The minimum Gasteiger partial charge on any atom is -0.341 e. The molecule has 1 aromatic heterocycles. The van der Waals surface area contributed by atoms with Gasteiger partial charge in [0.1, 0.15) is 12.4 Å². The summed E-state index contributed by atoms with van der Waals surface area (Å²) in [5, 5.41) is 0. The SMILES string of the molecule is O=C(Cn1c(=O)[nH]c2cc(F)ccc21)N1CCCC1. The fourth-order valence-electron chi connectivity index (χ4n) is 2.49. The van der Waals surface area contributed by atoms with Crippen LogP contribution in [-0.4, -0.2) is 33.4 Å². The van der Waals surface area contributed by atoms with E-state index in [1.807, 2.05) is 0 Å². The molecule has 0 bridgehead atoms. The molecule has 1 saturated heterocycles. The molecule has 0 aliphatic carbocycles. The molecule has 1 N–H and O–H groups in total. The van der Waals surface area contributed by atoms with Gasteiger partial charge in [0.15, 0.2) is 0 Å². The standard InChI is InChI=1S/C13H14FN3O2/c14-9-3-4-11-10(7-9)15-13(19)17(11)8-12(18)16-5-1-2-6-16/h3-4,7H,1-2,5-6,8H2,(H,15,19). The lowest BCUT2D eigenvalue weighted by atomic mass is 10.3. The first kappa shape index (κ1) is 12.0. The summed E-state index contributed by atoms with van der Waals surface area (Å²) in [5.74, 6) is -0.475. The number of aromatic nitrogens is 2. The first-order chi connectivity index (χ1) is 9.15. The van der Waals surface area contributed by atoms with Crippen molar-refractivity contribution >= 4 is 16.9 Å². The third-order valence-corrected chi connectivity index (χ3v) is 3.49. The molecule has 5 nitrogen and oxygen atoms in total. The van der Waals surface area contributed by atoms with Crippen LogP contribution in [0.3, 0.4) is 0 Å². The molecule has 100 valence electrons. The molecule has 0 spiro atoms. The minimum absolute atomic E-state index is 0.00443. The Balaban J connectivity index is 1.94. The van der Waals surface area contributed by atoms with Gasteiger partial charge in [-0.25, -0.2) is 9.18 Å². The Morgan fingerprint density at radius 2 is 2.05 bits per heavy atom. The molecule has 0 radical (unpaired) electrons. The van der Waals surface area contributed by atoms with Crippen molar-refractivity contribution in [2.45, 2.75) is 19.4 Å². The predicted octanol–water partition coefficient (Wildman–Crippen LogP) is 1.09. The molecule has 2 aromatic rings. The molecule has 0 unspecified atom stereocenters. The fraction of sp³-hybridized carbons (Fsp3) is 0.385. The number of amides is 1. The lowest BCUT2D eigenvalue weighted by Crippen LogP contribution is -2.33. The number of imidazole rings is 1. The molecule has 1 aliphatic heterocycles. The molecule has 1 amide bonds. The van der Waals surface area contributed by atoms with Crippen molar-refractivity contribution in [1.82, 2.24) is 14.5 Å². The first-order valence-electron chi connectivity index (χ1n) is 6.31. The number of aromatic amines is 1. The van der Waals surface area contributed by atoms with E-state index in [0.29, 0.717) is 11.0 Å². The van der Waals surface area contributed by atoms with Crippen molar-refractivity contribution in [1.29, 1.82) is 0 Å². The number of hydrogen-bond donors (Lipinski definition) is 1. The lowest BCUT2D eigenvalue weighted by molar-refractivity contribution is -0.130. The summed E-state index contributed by atoms with van der Waals surface area (Å²) in [6.45, 7) is 1.51. The van der Waals surface area contributed by atoms with Crippen LogP contribution >= 0.6 is 0 Å². The molecule has 1 aliphatic rings. The normalized spacial score (nSPS) is 15.3. The summed E-state index contributed by atoms with van der Waals surface area (Å²) in [5.41, 5.74) is 0.589. The maximum Gasteiger partial charge on any atom is 0.326 e. The van der Waals surface area contributed by atoms with Crippen molar-refractivity contribution in [2.24, 2.45) is 0 Å². The average molecular weight is 263 g/mol. The maximum absolute atomic E-state index is 13.1. The summed E-state index contributed by atoms with van der Waals surface area (Å²) in [7, 11) is 0. The second-order valence-corrected chi connectivity index (χ2v) is 4.77. The van der Waals surface area contributed by atoms with Gasteiger partial charge in [-0.1, -0.05) is 0 Å². The van der Waals surface area contributed by atoms with Crippen LogP contribution in [0, 0.1) is 5.82 Å². The highest BCUT2D eigenvalue weighted by atomic mass is 19.1. The van der Waals surface area contributed by atoms with Crippen LogP contribution in [-0.2, 0) is 11.3 Å². The number of carbonyl (C=O) groups is 1.